The van der Waals surface area contributed by atoms with Crippen molar-refractivity contribution in [1.82, 2.24) is 15.8 Å². The lowest BCUT2D eigenvalue weighted by Crippen LogP contribution is -2.19. The van der Waals surface area contributed by atoms with E-state index in [0.29, 0.717) is 0 Å². The Labute approximate surface area is 37.3 Å². The molecule has 1 fully saturated rings. The monoisotopic (exact) mass is 86.1 g/mol. The van der Waals surface area contributed by atoms with E-state index in [1.807, 2.05) is 12.1 Å². The van der Waals surface area contributed by atoms with Gasteiger partial charge in [0.15, 0.2) is 0 Å². The molecule has 1 saturated heterocycles. The molecule has 0 aromatic carbocycles. The second kappa shape index (κ2) is 1.55. The van der Waals surface area contributed by atoms with Crippen LogP contribution in [0.3, 0.4) is 0 Å². The Balaban J connectivity index is 2.18. The minimum Gasteiger partial charge on any atom is -0.288 e. The molecule has 1 aliphatic rings. The van der Waals surface area contributed by atoms with E-state index in [1.165, 1.54) is 0 Å². The van der Waals surface area contributed by atoms with Gasteiger partial charge in [0.1, 0.15) is 0 Å². The van der Waals surface area contributed by atoms with Gasteiger partial charge in [-0.15, -0.1) is 5.43 Å². The largest absolute Gasteiger partial charge is 0.288 e. The number of hydrogen-bond donors (Lipinski definition) is 1. The molecule has 0 saturated carbocycles. The lowest BCUT2D eigenvalue weighted by Gasteiger charge is -1.98. The van der Waals surface area contributed by atoms with Crippen LogP contribution in [0.1, 0.15) is 0 Å². The minimum atomic E-state index is 0.788. The van der Waals surface area contributed by atoms with Crippen molar-refractivity contribution in [2.75, 3.05) is 20.4 Å². The summed E-state index contributed by atoms with van der Waals surface area (Å²) in [5.74, 6) is 0. The van der Waals surface area contributed by atoms with Crippen molar-refractivity contribution >= 4 is 0 Å². The van der Waals surface area contributed by atoms with Crippen molar-refractivity contribution in [3.05, 3.63) is 0 Å². The number of rotatable bonds is 0. The van der Waals surface area contributed by atoms with Crippen LogP contribution in [0.2, 0.25) is 0 Å². The zero-order valence-corrected chi connectivity index (χ0v) is 3.81. The van der Waals surface area contributed by atoms with Crippen LogP contribution >= 0.6 is 0 Å². The molecule has 0 bridgehead atoms. The molecule has 0 unspecified atom stereocenters. The summed E-state index contributed by atoms with van der Waals surface area (Å²) < 4.78 is 0. The maximum absolute atomic E-state index is 3.96. The predicted molar refractivity (Wildman–Crippen MR) is 22.8 cm³/mol. The van der Waals surface area contributed by atoms with Crippen LogP contribution in [-0.2, 0) is 0 Å². The molecule has 3 heteroatoms. The van der Waals surface area contributed by atoms with E-state index in [0.717, 1.165) is 13.3 Å². The Kier molecular flexibility index (Phi) is 1.05. The van der Waals surface area contributed by atoms with E-state index in [2.05, 4.69) is 10.7 Å². The van der Waals surface area contributed by atoms with Crippen LogP contribution in [-0.4, -0.2) is 25.4 Å². The first-order chi connectivity index (χ1) is 2.89. The molecule has 3 nitrogen and oxygen atoms in total. The molecule has 6 heavy (non-hydrogen) atoms. The van der Waals surface area contributed by atoms with Crippen LogP contribution < -0.4 is 10.7 Å². The smallest absolute Gasteiger partial charge is 0.0809 e. The summed E-state index contributed by atoms with van der Waals surface area (Å²) in [6.45, 7) is 1.69. The van der Waals surface area contributed by atoms with Crippen LogP contribution in [0.15, 0.2) is 0 Å². The fraction of sp³-hybridized carbons (Fsp3) is 1.00. The molecule has 1 rings (SSSR count). The Bertz CT molecular complexity index is 39.3. The second-order valence-corrected chi connectivity index (χ2v) is 1.37. The highest BCUT2D eigenvalue weighted by atomic mass is 15.6. The van der Waals surface area contributed by atoms with Crippen molar-refractivity contribution in [2.45, 2.75) is 0 Å². The Morgan fingerprint density at radius 3 is 2.83 bits per heavy atom. The SMILES string of the molecule is CN1CNC[N]1. The van der Waals surface area contributed by atoms with E-state index in [1.54, 1.807) is 0 Å². The first kappa shape index (κ1) is 4.05. The molecule has 1 N–H and O–H groups in total. The van der Waals surface area contributed by atoms with E-state index in [-0.39, 0.29) is 0 Å². The van der Waals surface area contributed by atoms with Gasteiger partial charge >= 0.3 is 0 Å². The summed E-state index contributed by atoms with van der Waals surface area (Å²) in [7, 11) is 1.94. The maximum Gasteiger partial charge on any atom is 0.0809 e. The first-order valence-electron chi connectivity index (χ1n) is 1.99. The Morgan fingerprint density at radius 2 is 2.67 bits per heavy atom. The van der Waals surface area contributed by atoms with E-state index >= 15 is 0 Å². The summed E-state index contributed by atoms with van der Waals surface area (Å²) in [6.07, 6.45) is 0. The summed E-state index contributed by atoms with van der Waals surface area (Å²) >= 11 is 0. The molecule has 35 valence electrons. The fourth-order valence-electron chi connectivity index (χ4n) is 0.433. The Morgan fingerprint density at radius 1 is 1.83 bits per heavy atom. The molecule has 0 aliphatic carbocycles. The van der Waals surface area contributed by atoms with Crippen LogP contribution in [0.5, 0.6) is 0 Å². The van der Waals surface area contributed by atoms with Crippen molar-refractivity contribution in [3.63, 3.8) is 0 Å². The Hall–Kier alpha value is -0.120. The van der Waals surface area contributed by atoms with Gasteiger partial charge in [-0.1, -0.05) is 0 Å². The van der Waals surface area contributed by atoms with Crippen molar-refractivity contribution in [2.24, 2.45) is 0 Å². The molecule has 0 aromatic heterocycles. The van der Waals surface area contributed by atoms with Gasteiger partial charge in [-0.3, -0.25) is 5.32 Å². The van der Waals surface area contributed by atoms with Gasteiger partial charge in [0, 0.05) is 7.05 Å². The molecule has 0 amide bonds. The van der Waals surface area contributed by atoms with Crippen molar-refractivity contribution < 1.29 is 0 Å². The second-order valence-electron chi connectivity index (χ2n) is 1.37. The highest BCUT2D eigenvalue weighted by Gasteiger charge is 2.02. The molecule has 1 heterocycles. The van der Waals surface area contributed by atoms with Crippen molar-refractivity contribution in [1.29, 1.82) is 0 Å². The van der Waals surface area contributed by atoms with Gasteiger partial charge in [-0.2, -0.15) is 0 Å². The van der Waals surface area contributed by atoms with E-state index < -0.39 is 0 Å². The standard InChI is InChI=1S/C3H8N3/c1-6-3-4-2-5-6/h4H,2-3H2,1H3. The first-order valence-corrected chi connectivity index (χ1v) is 1.99. The molecule has 0 atom stereocenters. The number of nitrogens with one attached hydrogen (secondary N) is 1. The lowest BCUT2D eigenvalue weighted by molar-refractivity contribution is 0.304. The average Bonchev–Trinajstić information content (AvgIpc) is 1.86. The molecule has 0 aromatic rings. The average molecular weight is 86.1 g/mol. The zero-order chi connectivity index (χ0) is 4.41. The van der Waals surface area contributed by atoms with Crippen LogP contribution in [0, 0.1) is 0 Å². The number of nitrogens with zero attached hydrogens (tertiary/aromatic N) is 2. The molecular weight excluding hydrogens is 78.1 g/mol. The van der Waals surface area contributed by atoms with Gasteiger partial charge in [-0.25, -0.2) is 5.01 Å². The molecular formula is C3H8N3. The third-order valence-electron chi connectivity index (χ3n) is 0.765. The van der Waals surface area contributed by atoms with Gasteiger partial charge in [0.2, 0.25) is 0 Å². The molecule has 1 radical (unpaired) electrons. The summed E-state index contributed by atoms with van der Waals surface area (Å²) in [4.78, 5) is 0. The quantitative estimate of drug-likeness (QED) is 0.408. The lowest BCUT2D eigenvalue weighted by atomic mass is 11.0. The third kappa shape index (κ3) is 0.680. The van der Waals surface area contributed by atoms with Gasteiger partial charge < -0.3 is 0 Å². The normalized spacial score (nSPS) is 25.5. The predicted octanol–water partition coefficient (Wildman–Crippen LogP) is -1.04. The highest BCUT2D eigenvalue weighted by molar-refractivity contribution is 4.47. The van der Waals surface area contributed by atoms with Gasteiger partial charge in [0.25, 0.3) is 0 Å². The third-order valence-corrected chi connectivity index (χ3v) is 0.765. The molecule has 0 spiro atoms. The maximum atomic E-state index is 3.96. The fourth-order valence-corrected chi connectivity index (χ4v) is 0.433. The molecule has 1 aliphatic heterocycles. The summed E-state index contributed by atoms with van der Waals surface area (Å²) in [6, 6.07) is 0. The van der Waals surface area contributed by atoms with Crippen LogP contribution in [0.4, 0.5) is 0 Å². The van der Waals surface area contributed by atoms with Crippen molar-refractivity contribution in [3.8, 4) is 0 Å². The summed E-state index contributed by atoms with van der Waals surface area (Å²) in [5.41, 5.74) is 3.96. The van der Waals surface area contributed by atoms with Gasteiger partial charge in [-0.05, 0) is 0 Å². The van der Waals surface area contributed by atoms with E-state index in [4.69, 9.17) is 0 Å². The highest BCUT2D eigenvalue weighted by Crippen LogP contribution is 1.77. The van der Waals surface area contributed by atoms with E-state index in [9.17, 15) is 0 Å². The minimum absolute atomic E-state index is 0.788. The zero-order valence-electron chi connectivity index (χ0n) is 3.81. The number of hydrogen-bond acceptors (Lipinski definition) is 2. The van der Waals surface area contributed by atoms with Gasteiger partial charge in [0.05, 0.1) is 13.3 Å². The topological polar surface area (TPSA) is 29.4 Å². The summed E-state index contributed by atoms with van der Waals surface area (Å²) in [5, 5.41) is 4.91. The van der Waals surface area contributed by atoms with Crippen LogP contribution in [0.25, 0.3) is 0 Å².